The van der Waals surface area contributed by atoms with E-state index in [1.54, 1.807) is 0 Å². The van der Waals surface area contributed by atoms with Gasteiger partial charge in [0.2, 0.25) is 5.91 Å². The number of rotatable bonds is 1. The summed E-state index contributed by atoms with van der Waals surface area (Å²) in [5.41, 5.74) is 9.61. The second-order valence-corrected chi connectivity index (χ2v) is 6.00. The van der Waals surface area contributed by atoms with Crippen LogP contribution in [0, 0.1) is 12.8 Å². The molecule has 1 aliphatic heterocycles. The van der Waals surface area contributed by atoms with Crippen molar-refractivity contribution < 1.29 is 4.79 Å². The van der Waals surface area contributed by atoms with E-state index in [-0.39, 0.29) is 12.0 Å². The molecule has 1 fully saturated rings. The summed E-state index contributed by atoms with van der Waals surface area (Å²) in [4.78, 5) is 14.7. The van der Waals surface area contributed by atoms with Crippen molar-refractivity contribution in [1.29, 1.82) is 0 Å². The molecule has 0 bridgehead atoms. The van der Waals surface area contributed by atoms with Crippen molar-refractivity contribution in [1.82, 2.24) is 0 Å². The maximum absolute atomic E-state index is 12.7. The van der Waals surface area contributed by atoms with Crippen LogP contribution in [-0.2, 0) is 11.2 Å². The van der Waals surface area contributed by atoms with Gasteiger partial charge in [0.15, 0.2) is 0 Å². The van der Waals surface area contributed by atoms with E-state index >= 15 is 0 Å². The van der Waals surface area contributed by atoms with Crippen LogP contribution in [0.5, 0.6) is 0 Å². The lowest BCUT2D eigenvalue weighted by Gasteiger charge is -2.31. The van der Waals surface area contributed by atoms with E-state index in [0.717, 1.165) is 44.3 Å². The maximum Gasteiger partial charge on any atom is 0.230 e. The number of hydrogen-bond acceptors (Lipinski definition) is 2. The van der Waals surface area contributed by atoms with E-state index in [4.69, 9.17) is 5.73 Å². The summed E-state index contributed by atoms with van der Waals surface area (Å²) in [5, 5.41) is 0. The van der Waals surface area contributed by atoms with Crippen molar-refractivity contribution in [3.63, 3.8) is 0 Å². The van der Waals surface area contributed by atoms with Crippen LogP contribution >= 0.6 is 0 Å². The summed E-state index contributed by atoms with van der Waals surface area (Å²) < 4.78 is 0. The first-order valence-electron chi connectivity index (χ1n) is 7.31. The van der Waals surface area contributed by atoms with Gasteiger partial charge in [-0.2, -0.15) is 0 Å². The number of anilines is 1. The molecule has 0 aromatic heterocycles. The molecular weight excluding hydrogens is 236 g/mol. The van der Waals surface area contributed by atoms with Gasteiger partial charge in [0.1, 0.15) is 0 Å². The zero-order valence-electron chi connectivity index (χ0n) is 11.6. The van der Waals surface area contributed by atoms with Crippen LogP contribution in [0.15, 0.2) is 18.2 Å². The molecule has 1 aliphatic carbocycles. The molecule has 1 aromatic carbocycles. The summed E-state index contributed by atoms with van der Waals surface area (Å²) in [6.07, 6.45) is 4.96. The first kappa shape index (κ1) is 12.7. The van der Waals surface area contributed by atoms with Crippen molar-refractivity contribution >= 4 is 11.6 Å². The Hall–Kier alpha value is -1.35. The summed E-state index contributed by atoms with van der Waals surface area (Å²) in [6.45, 7) is 2.95. The Morgan fingerprint density at radius 1 is 1.37 bits per heavy atom. The topological polar surface area (TPSA) is 46.3 Å². The highest BCUT2D eigenvalue weighted by molar-refractivity contribution is 5.96. The van der Waals surface area contributed by atoms with Gasteiger partial charge in [-0.15, -0.1) is 0 Å². The molecule has 2 N–H and O–H groups in total. The normalized spacial score (nSPS) is 26.3. The van der Waals surface area contributed by atoms with Gasteiger partial charge >= 0.3 is 0 Å². The molecule has 3 nitrogen and oxygen atoms in total. The monoisotopic (exact) mass is 258 g/mol. The standard InChI is InChI=1S/C16H22N2O/c1-11-4-5-12-3-2-8-18(15(12)9-11)16(19)13-6-7-14(17)10-13/h4-5,9,13-14H,2-3,6-8,10,17H2,1H3. The van der Waals surface area contributed by atoms with E-state index in [2.05, 4.69) is 25.1 Å². The molecule has 2 aliphatic rings. The Balaban J connectivity index is 1.86. The molecule has 0 saturated heterocycles. The van der Waals surface area contributed by atoms with Gasteiger partial charge in [-0.25, -0.2) is 0 Å². The van der Waals surface area contributed by atoms with Crippen LogP contribution in [0.25, 0.3) is 0 Å². The maximum atomic E-state index is 12.7. The molecule has 3 rings (SSSR count). The first-order valence-corrected chi connectivity index (χ1v) is 7.31. The number of aryl methyl sites for hydroxylation is 2. The smallest absolute Gasteiger partial charge is 0.230 e. The first-order chi connectivity index (χ1) is 9.15. The molecule has 0 radical (unpaired) electrons. The van der Waals surface area contributed by atoms with Crippen LogP contribution < -0.4 is 10.6 Å². The number of amides is 1. The molecule has 1 heterocycles. The van der Waals surface area contributed by atoms with Gasteiger partial charge in [-0.3, -0.25) is 4.79 Å². The van der Waals surface area contributed by atoms with E-state index in [0.29, 0.717) is 5.91 Å². The van der Waals surface area contributed by atoms with Crippen molar-refractivity contribution in [3.05, 3.63) is 29.3 Å². The number of hydrogen-bond donors (Lipinski definition) is 1. The Labute approximate surface area is 114 Å². The fraction of sp³-hybridized carbons (Fsp3) is 0.562. The van der Waals surface area contributed by atoms with Crippen LogP contribution in [0.4, 0.5) is 5.69 Å². The number of nitrogens with two attached hydrogens (primary N) is 1. The molecule has 1 amide bonds. The van der Waals surface area contributed by atoms with E-state index in [9.17, 15) is 4.79 Å². The average Bonchev–Trinajstić information content (AvgIpc) is 2.84. The Kier molecular flexibility index (Phi) is 3.31. The number of fused-ring (bicyclic) bond motifs is 1. The highest BCUT2D eigenvalue weighted by Crippen LogP contribution is 2.33. The van der Waals surface area contributed by atoms with Gasteiger partial charge < -0.3 is 10.6 Å². The molecule has 3 heteroatoms. The lowest BCUT2D eigenvalue weighted by molar-refractivity contribution is -0.122. The van der Waals surface area contributed by atoms with E-state index < -0.39 is 0 Å². The number of benzene rings is 1. The van der Waals surface area contributed by atoms with Gasteiger partial charge in [0.05, 0.1) is 0 Å². The van der Waals surface area contributed by atoms with Crippen LogP contribution in [-0.4, -0.2) is 18.5 Å². The number of nitrogens with zero attached hydrogens (tertiary/aromatic N) is 1. The third-order valence-electron chi connectivity index (χ3n) is 4.45. The predicted molar refractivity (Wildman–Crippen MR) is 77.2 cm³/mol. The highest BCUT2D eigenvalue weighted by Gasteiger charge is 2.33. The van der Waals surface area contributed by atoms with Crippen molar-refractivity contribution in [2.75, 3.05) is 11.4 Å². The Morgan fingerprint density at radius 3 is 2.95 bits per heavy atom. The third-order valence-corrected chi connectivity index (χ3v) is 4.45. The second kappa shape index (κ2) is 4.97. The molecule has 19 heavy (non-hydrogen) atoms. The van der Waals surface area contributed by atoms with Crippen LogP contribution in [0.3, 0.4) is 0 Å². The molecule has 2 atom stereocenters. The third kappa shape index (κ3) is 2.39. The van der Waals surface area contributed by atoms with E-state index in [1.807, 2.05) is 4.90 Å². The Bertz CT molecular complexity index is 498. The summed E-state index contributed by atoms with van der Waals surface area (Å²) in [6, 6.07) is 6.68. The molecule has 2 unspecified atom stereocenters. The fourth-order valence-electron chi connectivity index (χ4n) is 3.37. The summed E-state index contributed by atoms with van der Waals surface area (Å²) >= 11 is 0. The highest BCUT2D eigenvalue weighted by atomic mass is 16.2. The number of carbonyl (C=O) groups is 1. The van der Waals surface area contributed by atoms with Crippen LogP contribution in [0.1, 0.15) is 36.8 Å². The number of carbonyl (C=O) groups excluding carboxylic acids is 1. The molecule has 102 valence electrons. The minimum atomic E-state index is 0.140. The summed E-state index contributed by atoms with van der Waals surface area (Å²) in [5.74, 6) is 0.431. The van der Waals surface area contributed by atoms with Crippen molar-refractivity contribution in [3.8, 4) is 0 Å². The Morgan fingerprint density at radius 2 is 2.21 bits per heavy atom. The minimum Gasteiger partial charge on any atom is -0.328 e. The lowest BCUT2D eigenvalue weighted by atomic mass is 9.97. The molecule has 1 aromatic rings. The second-order valence-electron chi connectivity index (χ2n) is 6.00. The van der Waals surface area contributed by atoms with Crippen molar-refractivity contribution in [2.24, 2.45) is 11.7 Å². The summed E-state index contributed by atoms with van der Waals surface area (Å²) in [7, 11) is 0. The largest absolute Gasteiger partial charge is 0.328 e. The zero-order chi connectivity index (χ0) is 13.4. The molecule has 1 saturated carbocycles. The lowest BCUT2D eigenvalue weighted by Crippen LogP contribution is -2.39. The molecular formula is C16H22N2O. The van der Waals surface area contributed by atoms with Gasteiger partial charge in [0.25, 0.3) is 0 Å². The quantitative estimate of drug-likeness (QED) is 0.840. The SMILES string of the molecule is Cc1ccc2c(c1)N(C(=O)C1CCC(N)C1)CCC2. The average molecular weight is 258 g/mol. The van der Waals surface area contributed by atoms with Crippen LogP contribution in [0.2, 0.25) is 0 Å². The zero-order valence-corrected chi connectivity index (χ0v) is 11.6. The minimum absolute atomic E-state index is 0.140. The van der Waals surface area contributed by atoms with Gasteiger partial charge in [0, 0.05) is 24.2 Å². The van der Waals surface area contributed by atoms with Gasteiger partial charge in [-0.1, -0.05) is 12.1 Å². The van der Waals surface area contributed by atoms with Gasteiger partial charge in [-0.05, 0) is 56.2 Å². The van der Waals surface area contributed by atoms with E-state index in [1.165, 1.54) is 11.1 Å². The predicted octanol–water partition coefficient (Wildman–Crippen LogP) is 2.40. The molecule has 0 spiro atoms. The fourth-order valence-corrected chi connectivity index (χ4v) is 3.37. The van der Waals surface area contributed by atoms with Crippen molar-refractivity contribution in [2.45, 2.75) is 45.1 Å².